The van der Waals surface area contributed by atoms with E-state index in [4.69, 9.17) is 4.74 Å². The zero-order valence-corrected chi connectivity index (χ0v) is 14.8. The van der Waals surface area contributed by atoms with Crippen LogP contribution in [0.5, 0.6) is 0 Å². The first-order valence-electron chi connectivity index (χ1n) is 8.58. The highest BCUT2D eigenvalue weighted by atomic mass is 16.5. The number of ether oxygens (including phenoxy) is 1. The van der Waals surface area contributed by atoms with Crippen LogP contribution >= 0.6 is 0 Å². The molecule has 1 saturated heterocycles. The molecule has 0 unspecified atom stereocenters. The van der Waals surface area contributed by atoms with Crippen LogP contribution in [0.1, 0.15) is 16.9 Å². The van der Waals surface area contributed by atoms with E-state index in [2.05, 4.69) is 39.5 Å². The predicted molar refractivity (Wildman–Crippen MR) is 95.5 cm³/mol. The van der Waals surface area contributed by atoms with Crippen molar-refractivity contribution in [2.45, 2.75) is 6.42 Å². The van der Waals surface area contributed by atoms with Crippen molar-refractivity contribution in [2.24, 2.45) is 0 Å². The van der Waals surface area contributed by atoms with Crippen molar-refractivity contribution in [3.63, 3.8) is 0 Å². The van der Waals surface area contributed by atoms with Crippen molar-refractivity contribution < 1.29 is 9.53 Å². The van der Waals surface area contributed by atoms with Gasteiger partial charge in [0.1, 0.15) is 5.69 Å². The fourth-order valence-corrected chi connectivity index (χ4v) is 2.54. The van der Waals surface area contributed by atoms with Gasteiger partial charge in [0.2, 0.25) is 0 Å². The molecule has 134 valence electrons. The van der Waals surface area contributed by atoms with Gasteiger partial charge in [0, 0.05) is 44.6 Å². The summed E-state index contributed by atoms with van der Waals surface area (Å²) in [5.41, 5.74) is 1.39. The van der Waals surface area contributed by atoms with Crippen LogP contribution in [0, 0.1) is 0 Å². The number of rotatable bonds is 9. The van der Waals surface area contributed by atoms with E-state index in [9.17, 15) is 4.79 Å². The third kappa shape index (κ3) is 6.82. The standard InChI is InChI=1S/C17H29N5O2/c1-21(2)8-3-5-18-15-4-6-19-16(14-15)17(23)20-7-9-22-10-12-24-13-11-22/h4,6,14H,3,5,7-13H2,1-2H3,(H,18,19)(H,20,23). The Hall–Kier alpha value is -1.70. The van der Waals surface area contributed by atoms with E-state index in [0.717, 1.165) is 58.0 Å². The summed E-state index contributed by atoms with van der Waals surface area (Å²) < 4.78 is 5.31. The lowest BCUT2D eigenvalue weighted by Gasteiger charge is -2.26. The van der Waals surface area contributed by atoms with Crippen LogP contribution in [0.25, 0.3) is 0 Å². The van der Waals surface area contributed by atoms with Gasteiger partial charge in [-0.15, -0.1) is 0 Å². The molecule has 1 amide bonds. The highest BCUT2D eigenvalue weighted by Gasteiger charge is 2.11. The summed E-state index contributed by atoms with van der Waals surface area (Å²) in [6, 6.07) is 3.69. The van der Waals surface area contributed by atoms with Gasteiger partial charge >= 0.3 is 0 Å². The molecule has 0 atom stereocenters. The Morgan fingerprint density at radius 3 is 2.88 bits per heavy atom. The number of morpholine rings is 1. The molecule has 0 spiro atoms. The van der Waals surface area contributed by atoms with E-state index in [1.165, 1.54) is 0 Å². The summed E-state index contributed by atoms with van der Waals surface area (Å²) in [6.07, 6.45) is 2.72. The van der Waals surface area contributed by atoms with Gasteiger partial charge in [0.15, 0.2) is 0 Å². The summed E-state index contributed by atoms with van der Waals surface area (Å²) in [6.45, 7) is 6.79. The molecule has 7 nitrogen and oxygen atoms in total. The van der Waals surface area contributed by atoms with E-state index < -0.39 is 0 Å². The van der Waals surface area contributed by atoms with Gasteiger partial charge in [-0.1, -0.05) is 0 Å². The van der Waals surface area contributed by atoms with Crippen LogP contribution in [-0.4, -0.2) is 87.3 Å². The van der Waals surface area contributed by atoms with Gasteiger partial charge in [-0.2, -0.15) is 0 Å². The van der Waals surface area contributed by atoms with E-state index in [-0.39, 0.29) is 5.91 Å². The van der Waals surface area contributed by atoms with Crippen molar-refractivity contribution in [1.29, 1.82) is 0 Å². The van der Waals surface area contributed by atoms with E-state index >= 15 is 0 Å². The molecule has 0 aromatic carbocycles. The topological polar surface area (TPSA) is 69.7 Å². The number of nitrogens with one attached hydrogen (secondary N) is 2. The highest BCUT2D eigenvalue weighted by Crippen LogP contribution is 2.08. The van der Waals surface area contributed by atoms with Gasteiger partial charge in [0.25, 0.3) is 5.91 Å². The number of hydrogen-bond donors (Lipinski definition) is 2. The number of hydrogen-bond acceptors (Lipinski definition) is 6. The Balaban J connectivity index is 1.72. The van der Waals surface area contributed by atoms with E-state index in [1.54, 1.807) is 12.3 Å². The van der Waals surface area contributed by atoms with Crippen molar-refractivity contribution in [3.8, 4) is 0 Å². The molecule has 1 aromatic rings. The largest absolute Gasteiger partial charge is 0.385 e. The third-order valence-corrected chi connectivity index (χ3v) is 3.92. The highest BCUT2D eigenvalue weighted by molar-refractivity contribution is 5.93. The first-order valence-corrected chi connectivity index (χ1v) is 8.58. The predicted octanol–water partition coefficient (Wildman–Crippen LogP) is 0.507. The molecule has 2 N–H and O–H groups in total. The maximum Gasteiger partial charge on any atom is 0.269 e. The van der Waals surface area contributed by atoms with Crippen molar-refractivity contribution in [2.75, 3.05) is 71.9 Å². The molecule has 1 aliphatic rings. The molecule has 1 aromatic heterocycles. The molecule has 0 saturated carbocycles. The molecule has 7 heteroatoms. The zero-order valence-electron chi connectivity index (χ0n) is 14.8. The van der Waals surface area contributed by atoms with Crippen LogP contribution in [-0.2, 0) is 4.74 Å². The molecular formula is C17H29N5O2. The molecule has 1 fully saturated rings. The molecule has 24 heavy (non-hydrogen) atoms. The molecule has 2 rings (SSSR count). The molecular weight excluding hydrogens is 306 g/mol. The third-order valence-electron chi connectivity index (χ3n) is 3.92. The molecule has 1 aliphatic heterocycles. The number of anilines is 1. The minimum absolute atomic E-state index is 0.125. The first kappa shape index (κ1) is 18.6. The summed E-state index contributed by atoms with van der Waals surface area (Å²) >= 11 is 0. The van der Waals surface area contributed by atoms with Crippen LogP contribution in [0.3, 0.4) is 0 Å². The minimum Gasteiger partial charge on any atom is -0.385 e. The maximum absolute atomic E-state index is 12.2. The van der Waals surface area contributed by atoms with Crippen LogP contribution < -0.4 is 10.6 Å². The monoisotopic (exact) mass is 335 g/mol. The Morgan fingerprint density at radius 2 is 2.12 bits per heavy atom. The van der Waals surface area contributed by atoms with Gasteiger partial charge in [-0.25, -0.2) is 0 Å². The van der Waals surface area contributed by atoms with Gasteiger partial charge in [-0.05, 0) is 39.2 Å². The van der Waals surface area contributed by atoms with E-state index in [0.29, 0.717) is 12.2 Å². The molecule has 2 heterocycles. The second-order valence-corrected chi connectivity index (χ2v) is 6.22. The fraction of sp³-hybridized carbons (Fsp3) is 0.647. The number of aromatic nitrogens is 1. The zero-order chi connectivity index (χ0) is 17.2. The van der Waals surface area contributed by atoms with Crippen molar-refractivity contribution in [3.05, 3.63) is 24.0 Å². The Morgan fingerprint density at radius 1 is 1.33 bits per heavy atom. The average Bonchev–Trinajstić information content (AvgIpc) is 2.60. The number of amides is 1. The Labute approximate surface area is 144 Å². The normalized spacial score (nSPS) is 15.5. The number of pyridine rings is 1. The summed E-state index contributed by atoms with van der Waals surface area (Å²) in [7, 11) is 4.12. The van der Waals surface area contributed by atoms with Gasteiger partial charge in [0.05, 0.1) is 13.2 Å². The summed E-state index contributed by atoms with van der Waals surface area (Å²) in [5.74, 6) is -0.125. The van der Waals surface area contributed by atoms with Crippen molar-refractivity contribution >= 4 is 11.6 Å². The maximum atomic E-state index is 12.2. The quantitative estimate of drug-likeness (QED) is 0.641. The second kappa shape index (κ2) is 10.2. The van der Waals surface area contributed by atoms with Crippen LogP contribution in [0.15, 0.2) is 18.3 Å². The number of carbonyl (C=O) groups is 1. The minimum atomic E-state index is -0.125. The van der Waals surface area contributed by atoms with Crippen LogP contribution in [0.4, 0.5) is 5.69 Å². The van der Waals surface area contributed by atoms with Gasteiger partial charge in [-0.3, -0.25) is 14.7 Å². The summed E-state index contributed by atoms with van der Waals surface area (Å²) in [4.78, 5) is 20.8. The summed E-state index contributed by atoms with van der Waals surface area (Å²) in [5, 5.41) is 6.27. The second-order valence-electron chi connectivity index (χ2n) is 6.22. The average molecular weight is 335 g/mol. The van der Waals surface area contributed by atoms with E-state index in [1.807, 2.05) is 6.07 Å². The Kier molecular flexibility index (Phi) is 7.94. The van der Waals surface area contributed by atoms with Gasteiger partial charge < -0.3 is 20.3 Å². The Bertz CT molecular complexity index is 504. The lowest BCUT2D eigenvalue weighted by atomic mass is 10.3. The SMILES string of the molecule is CN(C)CCCNc1ccnc(C(=O)NCCN2CCOCC2)c1. The van der Waals surface area contributed by atoms with Crippen LogP contribution in [0.2, 0.25) is 0 Å². The molecule has 0 aliphatic carbocycles. The lowest BCUT2D eigenvalue weighted by molar-refractivity contribution is 0.0383. The van der Waals surface area contributed by atoms with Crippen molar-refractivity contribution in [1.82, 2.24) is 20.1 Å². The fourth-order valence-electron chi connectivity index (χ4n) is 2.54. The molecule has 0 radical (unpaired) electrons. The molecule has 0 bridgehead atoms. The number of carbonyl (C=O) groups excluding carboxylic acids is 1. The lowest BCUT2D eigenvalue weighted by Crippen LogP contribution is -2.41. The first-order chi connectivity index (χ1) is 11.6. The smallest absolute Gasteiger partial charge is 0.269 e. The number of nitrogens with zero attached hydrogens (tertiary/aromatic N) is 3.